The predicted octanol–water partition coefficient (Wildman–Crippen LogP) is 3.00. The number of rotatable bonds is 1. The molecule has 0 aliphatic carbocycles. The summed E-state index contributed by atoms with van der Waals surface area (Å²) < 4.78 is 40.3. The van der Waals surface area contributed by atoms with E-state index in [1.165, 1.54) is 41.2 Å². The minimum atomic E-state index is -4.43. The van der Waals surface area contributed by atoms with Crippen LogP contribution in [0.4, 0.5) is 18.9 Å². The van der Waals surface area contributed by atoms with Crippen molar-refractivity contribution in [1.29, 1.82) is 0 Å². The van der Waals surface area contributed by atoms with Gasteiger partial charge in [0.05, 0.1) is 29.3 Å². The number of nitrogen functional groups attached to an aromatic ring is 1. The molecule has 0 spiro atoms. The lowest BCUT2D eigenvalue weighted by Crippen LogP contribution is -2.07. The highest BCUT2D eigenvalue weighted by Gasteiger charge is 2.33. The zero-order chi connectivity index (χ0) is 14.3. The molecule has 0 aliphatic rings. The highest BCUT2D eigenvalue weighted by Crippen LogP contribution is 2.36. The topological polar surface area (TPSA) is 56.2 Å². The van der Waals surface area contributed by atoms with Crippen molar-refractivity contribution < 1.29 is 13.2 Å². The summed E-state index contributed by atoms with van der Waals surface area (Å²) in [6.07, 6.45) is -1.50. The van der Waals surface area contributed by atoms with Crippen LogP contribution >= 0.6 is 0 Å². The molecule has 0 radical (unpaired) electrons. The highest BCUT2D eigenvalue weighted by atomic mass is 19.4. The van der Waals surface area contributed by atoms with Crippen LogP contribution in [-0.4, -0.2) is 14.6 Å². The molecule has 0 amide bonds. The summed E-state index contributed by atoms with van der Waals surface area (Å²) in [6.45, 7) is 0. The molecule has 4 nitrogen and oxygen atoms in total. The van der Waals surface area contributed by atoms with Crippen molar-refractivity contribution in [2.45, 2.75) is 6.18 Å². The molecule has 20 heavy (non-hydrogen) atoms. The summed E-state index contributed by atoms with van der Waals surface area (Å²) in [5.41, 5.74) is 5.89. The van der Waals surface area contributed by atoms with Crippen molar-refractivity contribution in [3.8, 4) is 11.3 Å². The van der Waals surface area contributed by atoms with Crippen molar-refractivity contribution in [2.24, 2.45) is 0 Å². The average Bonchev–Trinajstić information content (AvgIpc) is 2.80. The minimum absolute atomic E-state index is 0.0177. The summed E-state index contributed by atoms with van der Waals surface area (Å²) >= 11 is 0. The molecule has 1 aromatic carbocycles. The van der Waals surface area contributed by atoms with Gasteiger partial charge in [-0.3, -0.25) is 0 Å². The Morgan fingerprint density at radius 1 is 1.15 bits per heavy atom. The second kappa shape index (κ2) is 4.22. The maximum absolute atomic E-state index is 13.0. The molecule has 2 aromatic heterocycles. The van der Waals surface area contributed by atoms with Crippen molar-refractivity contribution in [2.75, 3.05) is 5.73 Å². The van der Waals surface area contributed by atoms with E-state index in [1.54, 1.807) is 0 Å². The van der Waals surface area contributed by atoms with Gasteiger partial charge in [-0.25, -0.2) is 9.50 Å². The van der Waals surface area contributed by atoms with Crippen molar-refractivity contribution in [3.63, 3.8) is 0 Å². The van der Waals surface area contributed by atoms with E-state index in [4.69, 9.17) is 5.73 Å². The number of hydrogen-bond acceptors (Lipinski definition) is 3. The van der Waals surface area contributed by atoms with Crippen LogP contribution in [0.3, 0.4) is 0 Å². The van der Waals surface area contributed by atoms with E-state index in [-0.39, 0.29) is 11.3 Å². The zero-order valence-corrected chi connectivity index (χ0v) is 10.1. The van der Waals surface area contributed by atoms with Crippen LogP contribution in [0.2, 0.25) is 0 Å². The Labute approximate surface area is 111 Å². The summed E-state index contributed by atoms with van der Waals surface area (Å²) in [7, 11) is 0. The summed E-state index contributed by atoms with van der Waals surface area (Å²) in [5.74, 6) is 0. The van der Waals surface area contributed by atoms with E-state index in [9.17, 15) is 13.2 Å². The zero-order valence-electron chi connectivity index (χ0n) is 10.1. The van der Waals surface area contributed by atoms with Crippen LogP contribution < -0.4 is 5.73 Å². The first-order valence-electron chi connectivity index (χ1n) is 5.72. The number of benzene rings is 1. The summed E-state index contributed by atoms with van der Waals surface area (Å²) in [4.78, 5) is 4.01. The number of alkyl halides is 3. The smallest absolute Gasteiger partial charge is 0.396 e. The van der Waals surface area contributed by atoms with Crippen LogP contribution in [0.1, 0.15) is 5.56 Å². The van der Waals surface area contributed by atoms with E-state index in [1.807, 2.05) is 0 Å². The van der Waals surface area contributed by atoms with E-state index in [0.717, 1.165) is 6.07 Å². The monoisotopic (exact) mass is 278 g/mol. The third-order valence-corrected chi connectivity index (χ3v) is 2.84. The Morgan fingerprint density at radius 3 is 2.65 bits per heavy atom. The van der Waals surface area contributed by atoms with Crippen LogP contribution in [-0.2, 0) is 6.18 Å². The summed E-state index contributed by atoms with van der Waals surface area (Å²) in [5, 5.41) is 4.09. The first kappa shape index (κ1) is 12.5. The fourth-order valence-corrected chi connectivity index (χ4v) is 1.98. The maximum Gasteiger partial charge on any atom is 0.417 e. The molecule has 0 bridgehead atoms. The van der Waals surface area contributed by atoms with Gasteiger partial charge in [0, 0.05) is 11.6 Å². The normalized spacial score (nSPS) is 11.9. The molecule has 2 N–H and O–H groups in total. The van der Waals surface area contributed by atoms with E-state index in [0.29, 0.717) is 11.3 Å². The number of nitrogens with zero attached hydrogens (tertiary/aromatic N) is 3. The van der Waals surface area contributed by atoms with Gasteiger partial charge in [-0.15, -0.1) is 0 Å². The standard InChI is InChI=1S/C13H9F3N4/c14-13(15,16)10-4-2-1-3-9(10)11-5-12-18-6-8(17)7-20(12)19-11/h1-7H,17H2. The van der Waals surface area contributed by atoms with Crippen LogP contribution in [0, 0.1) is 0 Å². The lowest BCUT2D eigenvalue weighted by Gasteiger charge is -2.10. The lowest BCUT2D eigenvalue weighted by atomic mass is 10.0. The SMILES string of the molecule is Nc1cnc2cc(-c3ccccc3C(F)(F)F)nn2c1. The molecule has 0 fully saturated rings. The molecule has 0 saturated heterocycles. The molecule has 0 saturated carbocycles. The van der Waals surface area contributed by atoms with Gasteiger partial charge in [0.25, 0.3) is 0 Å². The highest BCUT2D eigenvalue weighted by molar-refractivity contribution is 5.68. The Hall–Kier alpha value is -2.57. The Kier molecular flexibility index (Phi) is 2.63. The Morgan fingerprint density at radius 2 is 1.90 bits per heavy atom. The first-order chi connectivity index (χ1) is 9.45. The molecular formula is C13H9F3N4. The van der Waals surface area contributed by atoms with Crippen molar-refractivity contribution in [1.82, 2.24) is 14.6 Å². The van der Waals surface area contributed by atoms with E-state index >= 15 is 0 Å². The second-order valence-electron chi connectivity index (χ2n) is 4.26. The van der Waals surface area contributed by atoms with Gasteiger partial charge in [0.2, 0.25) is 0 Å². The molecule has 2 heterocycles. The molecule has 3 rings (SSSR count). The largest absolute Gasteiger partial charge is 0.417 e. The fourth-order valence-electron chi connectivity index (χ4n) is 1.98. The van der Waals surface area contributed by atoms with Crippen molar-refractivity contribution >= 4 is 11.3 Å². The average molecular weight is 278 g/mol. The first-order valence-corrected chi connectivity index (χ1v) is 5.72. The van der Waals surface area contributed by atoms with Gasteiger partial charge in [-0.05, 0) is 6.07 Å². The quantitative estimate of drug-likeness (QED) is 0.744. The third-order valence-electron chi connectivity index (χ3n) is 2.84. The van der Waals surface area contributed by atoms with E-state index in [2.05, 4.69) is 10.1 Å². The van der Waals surface area contributed by atoms with Gasteiger partial charge in [-0.2, -0.15) is 18.3 Å². The van der Waals surface area contributed by atoms with Crippen molar-refractivity contribution in [3.05, 3.63) is 48.3 Å². The fraction of sp³-hybridized carbons (Fsp3) is 0.0769. The van der Waals surface area contributed by atoms with Crippen LogP contribution in [0.25, 0.3) is 16.9 Å². The third kappa shape index (κ3) is 2.07. The second-order valence-corrected chi connectivity index (χ2v) is 4.26. The molecule has 3 aromatic rings. The molecule has 0 aliphatic heterocycles. The van der Waals surface area contributed by atoms with Gasteiger partial charge in [0.15, 0.2) is 5.65 Å². The number of hydrogen-bond donors (Lipinski definition) is 1. The molecule has 102 valence electrons. The molecule has 7 heteroatoms. The van der Waals surface area contributed by atoms with Gasteiger partial charge < -0.3 is 5.73 Å². The Bertz CT molecular complexity index is 777. The molecule has 0 unspecified atom stereocenters. The number of nitrogens with two attached hydrogens (primary N) is 1. The Balaban J connectivity index is 2.21. The minimum Gasteiger partial charge on any atom is -0.396 e. The predicted molar refractivity (Wildman–Crippen MR) is 67.8 cm³/mol. The summed E-state index contributed by atoms with van der Waals surface area (Å²) in [6, 6.07) is 6.79. The van der Waals surface area contributed by atoms with E-state index < -0.39 is 11.7 Å². The molecule has 0 atom stereocenters. The van der Waals surface area contributed by atoms with Crippen LogP contribution in [0.15, 0.2) is 42.7 Å². The van der Waals surface area contributed by atoms with Gasteiger partial charge >= 0.3 is 6.18 Å². The number of aromatic nitrogens is 3. The number of fused-ring (bicyclic) bond motifs is 1. The number of halogens is 3. The lowest BCUT2D eigenvalue weighted by molar-refractivity contribution is -0.137. The molecular weight excluding hydrogens is 269 g/mol. The maximum atomic E-state index is 13.0. The van der Waals surface area contributed by atoms with Crippen LogP contribution in [0.5, 0.6) is 0 Å². The van der Waals surface area contributed by atoms with Gasteiger partial charge in [-0.1, -0.05) is 18.2 Å². The number of anilines is 1. The van der Waals surface area contributed by atoms with Gasteiger partial charge in [0.1, 0.15) is 0 Å².